The van der Waals surface area contributed by atoms with Gasteiger partial charge in [0.15, 0.2) is 15.0 Å². The summed E-state index contributed by atoms with van der Waals surface area (Å²) < 4.78 is 24.7. The van der Waals surface area contributed by atoms with Crippen molar-refractivity contribution >= 4 is 66.8 Å². The molecule has 0 bridgehead atoms. The van der Waals surface area contributed by atoms with Crippen LogP contribution in [0.25, 0.3) is 11.3 Å². The molecule has 2 heterocycles. The number of sulfone groups is 1. The lowest BCUT2D eigenvalue weighted by Crippen LogP contribution is -2.12. The van der Waals surface area contributed by atoms with Crippen LogP contribution in [0.1, 0.15) is 17.3 Å². The van der Waals surface area contributed by atoms with Crippen LogP contribution in [0.3, 0.4) is 0 Å². The molecular weight excluding hydrogens is 435 g/mol. The van der Waals surface area contributed by atoms with Gasteiger partial charge in [0, 0.05) is 16.5 Å². The molecule has 0 aliphatic heterocycles. The molecule has 0 spiro atoms. The number of carbonyl (C=O) groups is 1. The Kier molecular flexibility index (Phi) is 5.69. The fourth-order valence-corrected chi connectivity index (χ4v) is 5.19. The average molecular weight is 447 g/mol. The number of benzene rings is 1. The van der Waals surface area contributed by atoms with Gasteiger partial charge in [-0.2, -0.15) is 0 Å². The van der Waals surface area contributed by atoms with E-state index < -0.39 is 9.84 Å². The number of hydrogen-bond acceptors (Lipinski definition) is 6. The van der Waals surface area contributed by atoms with Crippen molar-refractivity contribution in [2.75, 3.05) is 11.1 Å². The van der Waals surface area contributed by atoms with E-state index in [0.717, 1.165) is 0 Å². The third-order valence-corrected chi connectivity index (χ3v) is 7.51. The number of amides is 1. The lowest BCUT2D eigenvalue weighted by Gasteiger charge is -2.04. The lowest BCUT2D eigenvalue weighted by atomic mass is 10.2. The molecule has 1 amide bonds. The predicted octanol–water partition coefficient (Wildman–Crippen LogP) is 5.22. The van der Waals surface area contributed by atoms with Crippen LogP contribution in [0.15, 0.2) is 40.6 Å². The van der Waals surface area contributed by atoms with Gasteiger partial charge in [-0.05, 0) is 30.3 Å². The molecule has 0 fully saturated rings. The fraction of sp³-hybridized carbons (Fsp3) is 0.125. The minimum atomic E-state index is -3.29. The summed E-state index contributed by atoms with van der Waals surface area (Å²) in [6.07, 6.45) is 0. The average Bonchev–Trinajstić information content (AvgIpc) is 3.20. The molecule has 0 radical (unpaired) electrons. The first kappa shape index (κ1) is 19.3. The van der Waals surface area contributed by atoms with E-state index in [1.54, 1.807) is 18.4 Å². The van der Waals surface area contributed by atoms with Crippen molar-refractivity contribution in [3.63, 3.8) is 0 Å². The second kappa shape index (κ2) is 7.66. The highest BCUT2D eigenvalue weighted by atomic mass is 35.5. The topological polar surface area (TPSA) is 76.1 Å². The van der Waals surface area contributed by atoms with Gasteiger partial charge in [-0.25, -0.2) is 13.4 Å². The van der Waals surface area contributed by atoms with Gasteiger partial charge in [-0.3, -0.25) is 10.1 Å². The van der Waals surface area contributed by atoms with E-state index in [9.17, 15) is 13.2 Å². The maximum atomic E-state index is 12.3. The zero-order chi connectivity index (χ0) is 18.9. The highest BCUT2D eigenvalue weighted by molar-refractivity contribution is 7.91. The van der Waals surface area contributed by atoms with Gasteiger partial charge in [-0.1, -0.05) is 30.1 Å². The number of nitrogens with zero attached hydrogens (tertiary/aromatic N) is 1. The Morgan fingerprint density at radius 2 is 1.92 bits per heavy atom. The molecule has 0 aliphatic rings. The number of hydrogen-bond donors (Lipinski definition) is 1. The van der Waals surface area contributed by atoms with E-state index in [-0.39, 0.29) is 16.6 Å². The van der Waals surface area contributed by atoms with E-state index in [4.69, 9.17) is 23.2 Å². The van der Waals surface area contributed by atoms with Gasteiger partial charge < -0.3 is 0 Å². The monoisotopic (exact) mass is 446 g/mol. The fourth-order valence-electron chi connectivity index (χ4n) is 2.12. The number of anilines is 1. The number of halogens is 2. The minimum Gasteiger partial charge on any atom is -0.298 e. The summed E-state index contributed by atoms with van der Waals surface area (Å²) in [5, 5.41) is 4.88. The Balaban J connectivity index is 1.76. The Labute approximate surface area is 168 Å². The quantitative estimate of drug-likeness (QED) is 0.582. The first-order valence-corrected chi connectivity index (χ1v) is 11.5. The van der Waals surface area contributed by atoms with Crippen LogP contribution in [0.4, 0.5) is 5.13 Å². The van der Waals surface area contributed by atoms with Crippen molar-refractivity contribution in [1.82, 2.24) is 4.98 Å². The number of thiazole rings is 1. The summed E-state index contributed by atoms with van der Waals surface area (Å²) in [7, 11) is -3.29. The SMILES string of the molecule is CCS(=O)(=O)c1ccc(C(=O)Nc2nc(-c3cc(Cl)sc3Cl)cs2)cc1. The molecule has 3 aromatic rings. The predicted molar refractivity (Wildman–Crippen MR) is 108 cm³/mol. The van der Waals surface area contributed by atoms with Crippen LogP contribution in [-0.4, -0.2) is 25.1 Å². The van der Waals surface area contributed by atoms with E-state index >= 15 is 0 Å². The third-order valence-electron chi connectivity index (χ3n) is 3.51. The van der Waals surface area contributed by atoms with Crippen LogP contribution in [0.2, 0.25) is 8.67 Å². The zero-order valence-corrected chi connectivity index (χ0v) is 17.3. The maximum absolute atomic E-state index is 12.3. The van der Waals surface area contributed by atoms with E-state index in [1.165, 1.54) is 46.9 Å². The summed E-state index contributed by atoms with van der Waals surface area (Å²) in [5.41, 5.74) is 1.68. The second-order valence-corrected chi connectivity index (χ2v) is 10.6. The van der Waals surface area contributed by atoms with Crippen molar-refractivity contribution < 1.29 is 13.2 Å². The summed E-state index contributed by atoms with van der Waals surface area (Å²) in [6.45, 7) is 1.57. The molecule has 136 valence electrons. The van der Waals surface area contributed by atoms with Gasteiger partial charge in [-0.15, -0.1) is 22.7 Å². The van der Waals surface area contributed by atoms with Crippen LogP contribution in [-0.2, 0) is 9.84 Å². The first-order valence-electron chi connectivity index (χ1n) is 7.35. The molecule has 26 heavy (non-hydrogen) atoms. The number of thiophene rings is 1. The molecule has 0 saturated heterocycles. The largest absolute Gasteiger partial charge is 0.298 e. The van der Waals surface area contributed by atoms with Crippen molar-refractivity contribution in [2.45, 2.75) is 11.8 Å². The highest BCUT2D eigenvalue weighted by Gasteiger charge is 2.15. The highest BCUT2D eigenvalue weighted by Crippen LogP contribution is 2.39. The van der Waals surface area contributed by atoms with Crippen LogP contribution in [0, 0.1) is 0 Å². The Morgan fingerprint density at radius 3 is 2.50 bits per heavy atom. The van der Waals surface area contributed by atoms with Gasteiger partial charge in [0.25, 0.3) is 5.91 Å². The summed E-state index contributed by atoms with van der Waals surface area (Å²) in [4.78, 5) is 16.9. The third kappa shape index (κ3) is 4.10. The van der Waals surface area contributed by atoms with E-state index in [1.807, 2.05) is 0 Å². The van der Waals surface area contributed by atoms with Crippen LogP contribution < -0.4 is 5.32 Å². The molecule has 2 aromatic heterocycles. The van der Waals surface area contributed by atoms with Gasteiger partial charge in [0.1, 0.15) is 4.34 Å². The number of carbonyl (C=O) groups excluding carboxylic acids is 1. The Morgan fingerprint density at radius 1 is 1.23 bits per heavy atom. The molecule has 0 atom stereocenters. The molecular formula is C16H12Cl2N2O3S3. The van der Waals surface area contributed by atoms with Gasteiger partial charge in [0.2, 0.25) is 0 Å². The van der Waals surface area contributed by atoms with Crippen LogP contribution in [0.5, 0.6) is 0 Å². The molecule has 1 N–H and O–H groups in total. The number of nitrogens with one attached hydrogen (secondary N) is 1. The normalized spacial score (nSPS) is 11.5. The first-order chi connectivity index (χ1) is 12.3. The van der Waals surface area contributed by atoms with Crippen molar-refractivity contribution in [3.05, 3.63) is 49.9 Å². The maximum Gasteiger partial charge on any atom is 0.257 e. The number of rotatable bonds is 5. The smallest absolute Gasteiger partial charge is 0.257 e. The number of aromatic nitrogens is 1. The molecule has 0 aliphatic carbocycles. The molecule has 10 heteroatoms. The van der Waals surface area contributed by atoms with Crippen molar-refractivity contribution in [3.8, 4) is 11.3 Å². The molecule has 0 saturated carbocycles. The standard InChI is InChI=1S/C16H12Cl2N2O3S3/c1-2-26(22,23)10-5-3-9(4-6-10)15(21)20-16-19-12(8-24-16)11-7-13(17)25-14(11)18/h3-8H,2H2,1H3,(H,19,20,21). The molecule has 1 aromatic carbocycles. The Hall–Kier alpha value is -1.45. The Bertz CT molecular complexity index is 1060. The summed E-state index contributed by atoms with van der Waals surface area (Å²) >= 11 is 14.6. The second-order valence-electron chi connectivity index (χ2n) is 5.16. The zero-order valence-electron chi connectivity index (χ0n) is 13.3. The van der Waals surface area contributed by atoms with Gasteiger partial charge >= 0.3 is 0 Å². The summed E-state index contributed by atoms with van der Waals surface area (Å²) in [6, 6.07) is 7.52. The van der Waals surface area contributed by atoms with Crippen molar-refractivity contribution in [1.29, 1.82) is 0 Å². The van der Waals surface area contributed by atoms with Gasteiger partial charge in [0.05, 0.1) is 20.7 Å². The molecule has 5 nitrogen and oxygen atoms in total. The summed E-state index contributed by atoms with van der Waals surface area (Å²) in [5.74, 6) is -0.365. The lowest BCUT2D eigenvalue weighted by molar-refractivity contribution is 0.102. The van der Waals surface area contributed by atoms with E-state index in [0.29, 0.717) is 30.6 Å². The van der Waals surface area contributed by atoms with Crippen LogP contribution >= 0.6 is 45.9 Å². The molecule has 3 rings (SSSR count). The molecule has 0 unspecified atom stereocenters. The van der Waals surface area contributed by atoms with Crippen molar-refractivity contribution in [2.24, 2.45) is 0 Å². The van der Waals surface area contributed by atoms with E-state index in [2.05, 4.69) is 10.3 Å². The minimum absolute atomic E-state index is 0.00952.